The Balaban J connectivity index is 1.81. The molecule has 4 nitrogen and oxygen atoms in total. The number of aliphatic carboxylic acids is 1. The topological polar surface area (TPSA) is 49.8 Å². The van der Waals surface area contributed by atoms with Gasteiger partial charge in [-0.15, -0.1) is 11.3 Å². The molecule has 0 bridgehead atoms. The van der Waals surface area contributed by atoms with E-state index in [9.17, 15) is 4.79 Å². The van der Waals surface area contributed by atoms with Gasteiger partial charge in [0.2, 0.25) is 0 Å². The first kappa shape index (κ1) is 15.2. The Labute approximate surface area is 123 Å². The molecular weight excluding hydrogens is 274 g/mol. The van der Waals surface area contributed by atoms with Crippen molar-refractivity contribution >= 4 is 23.4 Å². The molecule has 1 aliphatic heterocycles. The third-order valence-electron chi connectivity index (χ3n) is 3.29. The zero-order valence-electron chi connectivity index (χ0n) is 11.7. The number of nitrogens with zero attached hydrogens (tertiary/aromatic N) is 1. The second-order valence-corrected chi connectivity index (χ2v) is 6.36. The molecule has 1 N–H and O–H groups in total. The minimum absolute atomic E-state index is 0.361. The number of carbonyl (C=O) groups is 1. The largest absolute Gasteiger partial charge is 0.478 e. The standard InChI is InChI=1S/C15H21NO3S/c1-16(10-12-4-2-3-9-19-12)11-14-6-5-13(20-14)7-8-15(17)18/h5-8,12H,2-4,9-11H2,1H3,(H,17,18). The molecule has 110 valence electrons. The highest BCUT2D eigenvalue weighted by molar-refractivity contribution is 7.12. The van der Waals surface area contributed by atoms with Crippen molar-refractivity contribution in [3.63, 3.8) is 0 Å². The van der Waals surface area contributed by atoms with Gasteiger partial charge in [-0.1, -0.05) is 0 Å². The molecule has 1 aliphatic rings. The van der Waals surface area contributed by atoms with Crippen molar-refractivity contribution < 1.29 is 14.6 Å². The summed E-state index contributed by atoms with van der Waals surface area (Å²) in [7, 11) is 2.10. The van der Waals surface area contributed by atoms with Crippen LogP contribution in [-0.2, 0) is 16.1 Å². The summed E-state index contributed by atoms with van der Waals surface area (Å²) in [5.41, 5.74) is 0. The van der Waals surface area contributed by atoms with E-state index >= 15 is 0 Å². The first-order valence-corrected chi connectivity index (χ1v) is 7.75. The zero-order valence-corrected chi connectivity index (χ0v) is 12.6. The Bertz CT molecular complexity index is 463. The summed E-state index contributed by atoms with van der Waals surface area (Å²) in [4.78, 5) is 15.0. The molecule has 1 atom stereocenters. The number of ether oxygens (including phenoxy) is 1. The molecule has 20 heavy (non-hydrogen) atoms. The summed E-state index contributed by atoms with van der Waals surface area (Å²) in [5.74, 6) is -0.911. The lowest BCUT2D eigenvalue weighted by atomic mass is 10.1. The molecule has 0 aliphatic carbocycles. The van der Waals surface area contributed by atoms with Crippen LogP contribution in [-0.4, -0.2) is 42.3 Å². The Hall–Kier alpha value is -1.17. The van der Waals surface area contributed by atoms with Gasteiger partial charge in [0, 0.05) is 35.5 Å². The highest BCUT2D eigenvalue weighted by atomic mass is 32.1. The van der Waals surface area contributed by atoms with Crippen molar-refractivity contribution in [2.45, 2.75) is 31.9 Å². The summed E-state index contributed by atoms with van der Waals surface area (Å²) in [6, 6.07) is 4.02. The number of carboxylic acid groups (broad SMARTS) is 1. The van der Waals surface area contributed by atoms with Crippen LogP contribution in [0.25, 0.3) is 6.08 Å². The van der Waals surface area contributed by atoms with Gasteiger partial charge in [-0.25, -0.2) is 4.79 Å². The second-order valence-electron chi connectivity index (χ2n) is 5.16. The van der Waals surface area contributed by atoms with Crippen LogP contribution in [0.2, 0.25) is 0 Å². The predicted octanol–water partition coefficient (Wildman–Crippen LogP) is 2.85. The number of hydrogen-bond acceptors (Lipinski definition) is 4. The van der Waals surface area contributed by atoms with Crippen molar-refractivity contribution in [2.24, 2.45) is 0 Å². The fourth-order valence-electron chi connectivity index (χ4n) is 2.35. The zero-order chi connectivity index (χ0) is 14.4. The number of carboxylic acids is 1. The van der Waals surface area contributed by atoms with Gasteiger partial charge in [-0.3, -0.25) is 4.90 Å². The van der Waals surface area contributed by atoms with Gasteiger partial charge in [-0.2, -0.15) is 0 Å². The van der Waals surface area contributed by atoms with E-state index in [1.54, 1.807) is 17.4 Å². The Morgan fingerprint density at radius 3 is 3.10 bits per heavy atom. The smallest absolute Gasteiger partial charge is 0.328 e. The van der Waals surface area contributed by atoms with Gasteiger partial charge in [0.25, 0.3) is 0 Å². The van der Waals surface area contributed by atoms with E-state index in [1.165, 1.54) is 23.8 Å². The molecular formula is C15H21NO3S. The normalized spacial score (nSPS) is 19.8. The lowest BCUT2D eigenvalue weighted by Gasteiger charge is -2.27. The van der Waals surface area contributed by atoms with Gasteiger partial charge in [0.15, 0.2) is 0 Å². The molecule has 0 aromatic carbocycles. The molecule has 0 saturated carbocycles. The fourth-order valence-corrected chi connectivity index (χ4v) is 3.35. The summed E-state index contributed by atoms with van der Waals surface area (Å²) in [5, 5.41) is 8.61. The van der Waals surface area contributed by atoms with E-state index in [2.05, 4.69) is 18.0 Å². The number of thiophene rings is 1. The molecule has 0 amide bonds. The molecule has 1 saturated heterocycles. The number of likely N-dealkylation sites (N-methyl/N-ethyl adjacent to an activating group) is 1. The van der Waals surface area contributed by atoms with Crippen LogP contribution in [0.4, 0.5) is 0 Å². The average molecular weight is 295 g/mol. The highest BCUT2D eigenvalue weighted by Gasteiger charge is 2.16. The molecule has 1 aromatic heterocycles. The van der Waals surface area contributed by atoms with E-state index < -0.39 is 5.97 Å². The first-order chi connectivity index (χ1) is 9.63. The molecule has 2 heterocycles. The maximum absolute atomic E-state index is 10.5. The number of rotatable bonds is 6. The van der Waals surface area contributed by atoms with E-state index in [0.717, 1.165) is 31.0 Å². The van der Waals surface area contributed by atoms with Crippen LogP contribution in [0.5, 0.6) is 0 Å². The van der Waals surface area contributed by atoms with Crippen molar-refractivity contribution in [3.05, 3.63) is 28.0 Å². The molecule has 2 rings (SSSR count). The van der Waals surface area contributed by atoms with Crippen molar-refractivity contribution in [3.8, 4) is 0 Å². The van der Waals surface area contributed by atoms with Crippen molar-refractivity contribution in [2.75, 3.05) is 20.2 Å². The van der Waals surface area contributed by atoms with E-state index in [1.807, 2.05) is 6.07 Å². The molecule has 0 spiro atoms. The summed E-state index contributed by atoms with van der Waals surface area (Å²) in [6.07, 6.45) is 6.78. The van der Waals surface area contributed by atoms with Gasteiger partial charge < -0.3 is 9.84 Å². The Morgan fingerprint density at radius 1 is 1.55 bits per heavy atom. The summed E-state index contributed by atoms with van der Waals surface area (Å²) >= 11 is 1.63. The fraction of sp³-hybridized carbons (Fsp3) is 0.533. The van der Waals surface area contributed by atoms with Crippen LogP contribution < -0.4 is 0 Å². The van der Waals surface area contributed by atoms with E-state index in [-0.39, 0.29) is 0 Å². The first-order valence-electron chi connectivity index (χ1n) is 6.93. The van der Waals surface area contributed by atoms with Crippen molar-refractivity contribution in [1.82, 2.24) is 4.90 Å². The molecule has 1 aromatic rings. The molecule has 1 unspecified atom stereocenters. The lowest BCUT2D eigenvalue weighted by molar-refractivity contribution is -0.131. The highest BCUT2D eigenvalue weighted by Crippen LogP contribution is 2.20. The lowest BCUT2D eigenvalue weighted by Crippen LogP contribution is -2.32. The maximum atomic E-state index is 10.5. The van der Waals surface area contributed by atoms with Gasteiger partial charge in [-0.05, 0) is 44.5 Å². The van der Waals surface area contributed by atoms with Crippen LogP contribution in [0.15, 0.2) is 18.2 Å². The third-order valence-corrected chi connectivity index (χ3v) is 4.32. The van der Waals surface area contributed by atoms with Gasteiger partial charge in [0.05, 0.1) is 6.10 Å². The maximum Gasteiger partial charge on any atom is 0.328 e. The monoisotopic (exact) mass is 295 g/mol. The van der Waals surface area contributed by atoms with Crippen LogP contribution >= 0.6 is 11.3 Å². The SMILES string of the molecule is CN(Cc1ccc(C=CC(=O)O)s1)CC1CCCCO1. The van der Waals surface area contributed by atoms with E-state index in [4.69, 9.17) is 9.84 Å². The molecule has 0 radical (unpaired) electrons. The second kappa shape index (κ2) is 7.57. The summed E-state index contributed by atoms with van der Waals surface area (Å²) in [6.45, 7) is 2.73. The van der Waals surface area contributed by atoms with Gasteiger partial charge in [0.1, 0.15) is 0 Å². The quantitative estimate of drug-likeness (QED) is 0.820. The minimum atomic E-state index is -0.911. The van der Waals surface area contributed by atoms with Crippen LogP contribution in [0.1, 0.15) is 29.0 Å². The number of hydrogen-bond donors (Lipinski definition) is 1. The van der Waals surface area contributed by atoms with Crippen LogP contribution in [0, 0.1) is 0 Å². The summed E-state index contributed by atoms with van der Waals surface area (Å²) < 4.78 is 5.74. The molecule has 5 heteroatoms. The van der Waals surface area contributed by atoms with Crippen molar-refractivity contribution in [1.29, 1.82) is 0 Å². The van der Waals surface area contributed by atoms with Gasteiger partial charge >= 0.3 is 5.97 Å². The van der Waals surface area contributed by atoms with E-state index in [0.29, 0.717) is 6.10 Å². The Morgan fingerprint density at radius 2 is 2.40 bits per heavy atom. The Kier molecular flexibility index (Phi) is 5.76. The third kappa shape index (κ3) is 5.07. The molecule has 1 fully saturated rings. The minimum Gasteiger partial charge on any atom is -0.478 e. The average Bonchev–Trinajstić information content (AvgIpc) is 2.85. The predicted molar refractivity (Wildman–Crippen MR) is 80.9 cm³/mol. The van der Waals surface area contributed by atoms with Crippen LogP contribution in [0.3, 0.4) is 0 Å².